The highest BCUT2D eigenvalue weighted by atomic mass is 79.9. The number of aryl methyl sites for hydroxylation is 2. The Kier molecular flexibility index (Phi) is 8.30. The summed E-state index contributed by atoms with van der Waals surface area (Å²) < 4.78 is 12.7. The lowest BCUT2D eigenvalue weighted by molar-refractivity contribution is -0.384. The van der Waals surface area contributed by atoms with Crippen LogP contribution in [0, 0.1) is 24.0 Å². The van der Waals surface area contributed by atoms with Gasteiger partial charge in [0.2, 0.25) is 0 Å². The third-order valence-corrected chi connectivity index (χ3v) is 7.57. The van der Waals surface area contributed by atoms with E-state index in [4.69, 9.17) is 9.47 Å². The van der Waals surface area contributed by atoms with Gasteiger partial charge in [0.05, 0.1) is 22.1 Å². The second kappa shape index (κ2) is 11.6. The highest BCUT2D eigenvalue weighted by molar-refractivity contribution is 9.10. The lowest BCUT2D eigenvalue weighted by atomic mass is 10.1. The topological polar surface area (TPSA) is 103 Å². The number of aliphatic imine (C=N–C) groups is 1. The first kappa shape index (κ1) is 26.4. The summed E-state index contributed by atoms with van der Waals surface area (Å²) in [6, 6.07) is 15.5. The summed E-state index contributed by atoms with van der Waals surface area (Å²) in [5, 5.41) is 14.2. The van der Waals surface area contributed by atoms with Crippen LogP contribution in [0.5, 0.6) is 11.5 Å². The number of amidine groups is 1. The Bertz CT molecular complexity index is 1400. The number of non-ortho nitro benzene ring substituents is 1. The third-order valence-electron chi connectivity index (χ3n) is 5.41. The molecule has 1 heterocycles. The first-order valence-corrected chi connectivity index (χ1v) is 13.0. The standard InChI is InChI=1S/C27H24BrN3O5S/c1-4-35-23-13-19(7-10-22(23)36-15-18-5-8-21(9-6-18)31(33)34)14-24-26(32)30-27(37-24)29-20-11-16(2)25(28)17(3)12-20/h5-14H,4,15H2,1-3H3,(H,29,30,32)/b24-14-. The van der Waals surface area contributed by atoms with Crippen molar-refractivity contribution >= 4 is 56.2 Å². The van der Waals surface area contributed by atoms with Crippen LogP contribution >= 0.6 is 27.7 Å². The van der Waals surface area contributed by atoms with Gasteiger partial charge in [-0.15, -0.1) is 0 Å². The van der Waals surface area contributed by atoms with E-state index in [1.54, 1.807) is 24.3 Å². The number of ether oxygens (including phenoxy) is 2. The van der Waals surface area contributed by atoms with Crippen molar-refractivity contribution in [1.29, 1.82) is 0 Å². The van der Waals surface area contributed by atoms with Gasteiger partial charge in [-0.3, -0.25) is 14.9 Å². The van der Waals surface area contributed by atoms with Crippen LogP contribution in [-0.2, 0) is 11.4 Å². The first-order valence-electron chi connectivity index (χ1n) is 11.4. The number of nitrogens with one attached hydrogen (secondary N) is 1. The number of carbonyl (C=O) groups excluding carboxylic acids is 1. The molecular formula is C27H24BrN3O5S. The highest BCUT2D eigenvalue weighted by Gasteiger charge is 2.24. The van der Waals surface area contributed by atoms with E-state index in [9.17, 15) is 14.9 Å². The van der Waals surface area contributed by atoms with Crippen LogP contribution in [0.4, 0.5) is 11.4 Å². The Labute approximate surface area is 227 Å². The van der Waals surface area contributed by atoms with Gasteiger partial charge in [0.1, 0.15) is 6.61 Å². The number of benzene rings is 3. The van der Waals surface area contributed by atoms with Gasteiger partial charge in [-0.1, -0.05) is 22.0 Å². The van der Waals surface area contributed by atoms with E-state index in [2.05, 4.69) is 26.2 Å². The van der Waals surface area contributed by atoms with Crippen LogP contribution < -0.4 is 14.8 Å². The monoisotopic (exact) mass is 581 g/mol. The average Bonchev–Trinajstić information content (AvgIpc) is 3.20. The number of rotatable bonds is 8. The maximum absolute atomic E-state index is 12.6. The third kappa shape index (κ3) is 6.58. The zero-order valence-electron chi connectivity index (χ0n) is 20.4. The van der Waals surface area contributed by atoms with Crippen molar-refractivity contribution < 1.29 is 19.2 Å². The molecule has 1 saturated heterocycles. The molecule has 1 fully saturated rings. The fraction of sp³-hybridized carbons (Fsp3) is 0.185. The van der Waals surface area contributed by atoms with E-state index in [1.807, 2.05) is 45.0 Å². The summed E-state index contributed by atoms with van der Waals surface area (Å²) in [6.45, 7) is 6.54. The van der Waals surface area contributed by atoms with E-state index >= 15 is 0 Å². The lowest BCUT2D eigenvalue weighted by Gasteiger charge is -2.13. The molecule has 190 valence electrons. The molecule has 0 atom stereocenters. The number of nitrogens with zero attached hydrogens (tertiary/aromatic N) is 2. The molecule has 1 N–H and O–H groups in total. The summed E-state index contributed by atoms with van der Waals surface area (Å²) in [5.74, 6) is 0.858. The smallest absolute Gasteiger partial charge is 0.269 e. The highest BCUT2D eigenvalue weighted by Crippen LogP contribution is 2.34. The molecule has 4 rings (SSSR count). The second-order valence-corrected chi connectivity index (χ2v) is 10.1. The van der Waals surface area contributed by atoms with Gasteiger partial charge in [0, 0.05) is 16.6 Å². The van der Waals surface area contributed by atoms with Crippen LogP contribution in [0.15, 0.2) is 69.0 Å². The fourth-order valence-corrected chi connectivity index (χ4v) is 4.68. The number of hydrogen-bond acceptors (Lipinski definition) is 7. The van der Waals surface area contributed by atoms with Crippen molar-refractivity contribution in [3.05, 3.63) is 96.3 Å². The minimum absolute atomic E-state index is 0.0280. The Morgan fingerprint density at radius 2 is 1.76 bits per heavy atom. The molecule has 0 unspecified atom stereocenters. The van der Waals surface area contributed by atoms with Crippen molar-refractivity contribution in [2.24, 2.45) is 4.99 Å². The van der Waals surface area contributed by atoms with Gasteiger partial charge >= 0.3 is 0 Å². The molecular weight excluding hydrogens is 558 g/mol. The number of carbonyl (C=O) groups is 1. The Morgan fingerprint density at radius 3 is 2.41 bits per heavy atom. The molecule has 0 radical (unpaired) electrons. The van der Waals surface area contributed by atoms with Crippen LogP contribution in [0.2, 0.25) is 0 Å². The zero-order chi connectivity index (χ0) is 26.5. The van der Waals surface area contributed by atoms with Gasteiger partial charge in [-0.25, -0.2) is 4.99 Å². The number of halogens is 1. The largest absolute Gasteiger partial charge is 0.490 e. The van der Waals surface area contributed by atoms with E-state index in [1.165, 1.54) is 23.9 Å². The quantitative estimate of drug-likeness (QED) is 0.177. The molecule has 1 aliphatic heterocycles. The molecule has 8 nitrogen and oxygen atoms in total. The maximum Gasteiger partial charge on any atom is 0.269 e. The summed E-state index contributed by atoms with van der Waals surface area (Å²) in [4.78, 5) is 28.1. The number of nitro benzene ring substituents is 1. The van der Waals surface area contributed by atoms with Crippen LogP contribution in [0.3, 0.4) is 0 Å². The molecule has 10 heteroatoms. The Balaban J connectivity index is 1.50. The van der Waals surface area contributed by atoms with Crippen molar-refractivity contribution in [3.63, 3.8) is 0 Å². The predicted molar refractivity (Wildman–Crippen MR) is 149 cm³/mol. The maximum atomic E-state index is 12.6. The molecule has 3 aromatic rings. The van der Waals surface area contributed by atoms with E-state index in [-0.39, 0.29) is 18.2 Å². The number of thioether (sulfide) groups is 1. The molecule has 1 amide bonds. The zero-order valence-corrected chi connectivity index (χ0v) is 22.8. The average molecular weight is 582 g/mol. The summed E-state index contributed by atoms with van der Waals surface area (Å²) in [5.41, 5.74) is 4.52. The Morgan fingerprint density at radius 1 is 1.05 bits per heavy atom. The van der Waals surface area contributed by atoms with Crippen LogP contribution in [-0.4, -0.2) is 22.6 Å². The van der Waals surface area contributed by atoms with E-state index < -0.39 is 4.92 Å². The van der Waals surface area contributed by atoms with Crippen molar-refractivity contribution in [2.45, 2.75) is 27.4 Å². The van der Waals surface area contributed by atoms with E-state index in [0.29, 0.717) is 28.2 Å². The van der Waals surface area contributed by atoms with E-state index in [0.717, 1.165) is 32.4 Å². The van der Waals surface area contributed by atoms with Gasteiger partial charge in [-0.2, -0.15) is 0 Å². The minimum atomic E-state index is -0.439. The number of hydrogen-bond donors (Lipinski definition) is 1. The molecule has 37 heavy (non-hydrogen) atoms. The van der Waals surface area contributed by atoms with Gasteiger partial charge in [-0.05, 0) is 97.3 Å². The van der Waals surface area contributed by atoms with Crippen LogP contribution in [0.1, 0.15) is 29.2 Å². The molecule has 3 aromatic carbocycles. The number of nitro groups is 1. The van der Waals surface area contributed by atoms with Gasteiger partial charge < -0.3 is 14.8 Å². The summed E-state index contributed by atoms with van der Waals surface area (Å²) in [6.07, 6.45) is 1.78. The molecule has 0 aliphatic carbocycles. The predicted octanol–water partition coefficient (Wildman–Crippen LogP) is 6.84. The lowest BCUT2D eigenvalue weighted by Crippen LogP contribution is -2.19. The van der Waals surface area contributed by atoms with Crippen LogP contribution in [0.25, 0.3) is 6.08 Å². The van der Waals surface area contributed by atoms with Crippen molar-refractivity contribution in [1.82, 2.24) is 5.32 Å². The summed E-state index contributed by atoms with van der Waals surface area (Å²) in [7, 11) is 0. The Hall–Kier alpha value is -3.63. The number of amides is 1. The molecule has 1 aliphatic rings. The first-order chi connectivity index (χ1) is 17.7. The minimum Gasteiger partial charge on any atom is -0.490 e. The molecule has 0 spiro atoms. The second-order valence-electron chi connectivity index (χ2n) is 8.23. The normalized spacial score (nSPS) is 15.2. The SMILES string of the molecule is CCOc1cc(/C=C2\SC(=Nc3cc(C)c(Br)c(C)c3)NC2=O)ccc1OCc1ccc([N+](=O)[O-])cc1. The fourth-order valence-electron chi connectivity index (χ4n) is 3.61. The summed E-state index contributed by atoms with van der Waals surface area (Å²) >= 11 is 4.84. The molecule has 0 aromatic heterocycles. The van der Waals surface area contributed by atoms with Gasteiger partial charge in [0.25, 0.3) is 11.6 Å². The molecule has 0 saturated carbocycles. The van der Waals surface area contributed by atoms with Crippen molar-refractivity contribution in [2.75, 3.05) is 6.61 Å². The molecule has 0 bridgehead atoms. The van der Waals surface area contributed by atoms with Crippen molar-refractivity contribution in [3.8, 4) is 11.5 Å². The van der Waals surface area contributed by atoms with Gasteiger partial charge in [0.15, 0.2) is 16.7 Å².